The van der Waals surface area contributed by atoms with Crippen LogP contribution in [0.3, 0.4) is 0 Å². The fraction of sp³-hybridized carbons (Fsp3) is 0.583. The van der Waals surface area contributed by atoms with E-state index in [-0.39, 0.29) is 17.7 Å². The minimum atomic E-state index is -0.195. The molecule has 0 unspecified atom stereocenters. The highest BCUT2D eigenvalue weighted by Gasteiger charge is 2.31. The maximum atomic E-state index is 11.8. The molecule has 0 spiro atoms. The smallest absolute Gasteiger partial charge is 0.225 e. The van der Waals surface area contributed by atoms with Crippen LogP contribution in [0.1, 0.15) is 17.1 Å². The summed E-state index contributed by atoms with van der Waals surface area (Å²) in [6, 6.07) is 0. The van der Waals surface area contributed by atoms with E-state index in [0.717, 1.165) is 17.1 Å². The standard InChI is InChI=1S/C12H17N3O2S/c1-8-14-10(7-18-8)3-4-13-12(17)9-5-11(16)15(2)6-9/h7,9H,3-6H2,1-2H3,(H,13,17)/t9-/m1/s1. The van der Waals surface area contributed by atoms with E-state index in [9.17, 15) is 9.59 Å². The van der Waals surface area contributed by atoms with Gasteiger partial charge in [0.05, 0.1) is 16.6 Å². The number of amides is 2. The summed E-state index contributed by atoms with van der Waals surface area (Å²) in [5.41, 5.74) is 1.01. The molecule has 18 heavy (non-hydrogen) atoms. The Hall–Kier alpha value is -1.43. The third kappa shape index (κ3) is 3.07. The van der Waals surface area contributed by atoms with Crippen molar-refractivity contribution in [2.75, 3.05) is 20.1 Å². The van der Waals surface area contributed by atoms with Gasteiger partial charge in [0.2, 0.25) is 11.8 Å². The van der Waals surface area contributed by atoms with Crippen molar-refractivity contribution in [1.82, 2.24) is 15.2 Å². The van der Waals surface area contributed by atoms with Gasteiger partial charge in [-0.2, -0.15) is 0 Å². The van der Waals surface area contributed by atoms with Crippen molar-refractivity contribution in [3.05, 3.63) is 16.1 Å². The lowest BCUT2D eigenvalue weighted by atomic mass is 10.1. The number of aryl methyl sites for hydroxylation is 1. The van der Waals surface area contributed by atoms with E-state index in [1.54, 1.807) is 23.3 Å². The van der Waals surface area contributed by atoms with Crippen LogP contribution in [0.15, 0.2) is 5.38 Å². The van der Waals surface area contributed by atoms with Crippen LogP contribution < -0.4 is 5.32 Å². The topological polar surface area (TPSA) is 62.3 Å². The third-order valence-electron chi connectivity index (χ3n) is 3.06. The molecule has 1 aromatic rings. The van der Waals surface area contributed by atoms with Crippen molar-refractivity contribution in [3.8, 4) is 0 Å². The summed E-state index contributed by atoms with van der Waals surface area (Å²) < 4.78 is 0. The zero-order valence-electron chi connectivity index (χ0n) is 10.6. The Balaban J connectivity index is 1.74. The zero-order valence-corrected chi connectivity index (χ0v) is 11.4. The monoisotopic (exact) mass is 267 g/mol. The molecule has 0 bridgehead atoms. The molecule has 2 heterocycles. The van der Waals surface area contributed by atoms with Gasteiger partial charge >= 0.3 is 0 Å². The van der Waals surface area contributed by atoms with Crippen LogP contribution in [-0.2, 0) is 16.0 Å². The van der Waals surface area contributed by atoms with E-state index >= 15 is 0 Å². The van der Waals surface area contributed by atoms with Gasteiger partial charge in [0.15, 0.2) is 0 Å². The molecule has 1 saturated heterocycles. The van der Waals surface area contributed by atoms with Gasteiger partial charge in [-0.25, -0.2) is 4.98 Å². The van der Waals surface area contributed by atoms with Crippen molar-refractivity contribution < 1.29 is 9.59 Å². The van der Waals surface area contributed by atoms with E-state index < -0.39 is 0 Å². The number of rotatable bonds is 4. The summed E-state index contributed by atoms with van der Waals surface area (Å²) in [5.74, 6) is -0.176. The Morgan fingerprint density at radius 3 is 3.00 bits per heavy atom. The molecule has 0 aromatic carbocycles. The zero-order chi connectivity index (χ0) is 13.1. The molecular weight excluding hydrogens is 250 g/mol. The number of hydrogen-bond donors (Lipinski definition) is 1. The summed E-state index contributed by atoms with van der Waals surface area (Å²) in [4.78, 5) is 29.1. The second-order valence-electron chi connectivity index (χ2n) is 4.57. The van der Waals surface area contributed by atoms with Crippen LogP contribution in [0, 0.1) is 12.8 Å². The fourth-order valence-corrected chi connectivity index (χ4v) is 2.67. The molecule has 1 aromatic heterocycles. The molecule has 5 nitrogen and oxygen atoms in total. The molecule has 1 atom stereocenters. The average molecular weight is 267 g/mol. The molecule has 2 amide bonds. The Morgan fingerprint density at radius 2 is 2.44 bits per heavy atom. The first kappa shape index (κ1) is 13.0. The van der Waals surface area contributed by atoms with E-state index in [1.807, 2.05) is 12.3 Å². The first-order chi connectivity index (χ1) is 8.56. The number of hydrogen-bond acceptors (Lipinski definition) is 4. The number of carbonyl (C=O) groups is 2. The van der Waals surface area contributed by atoms with Gasteiger partial charge in [0.1, 0.15) is 0 Å². The van der Waals surface area contributed by atoms with Gasteiger partial charge in [0.25, 0.3) is 0 Å². The number of nitrogens with zero attached hydrogens (tertiary/aromatic N) is 2. The minimum absolute atomic E-state index is 0.0281. The van der Waals surface area contributed by atoms with Crippen molar-refractivity contribution in [2.45, 2.75) is 19.8 Å². The third-order valence-corrected chi connectivity index (χ3v) is 3.88. The van der Waals surface area contributed by atoms with Crippen LogP contribution in [-0.4, -0.2) is 41.8 Å². The normalized spacial score (nSPS) is 19.3. The number of thiazole rings is 1. The van der Waals surface area contributed by atoms with E-state index in [1.165, 1.54) is 0 Å². The van der Waals surface area contributed by atoms with Gasteiger partial charge < -0.3 is 10.2 Å². The number of carbonyl (C=O) groups excluding carboxylic acids is 2. The summed E-state index contributed by atoms with van der Waals surface area (Å²) in [7, 11) is 1.73. The molecule has 1 N–H and O–H groups in total. The molecule has 0 aliphatic carbocycles. The summed E-state index contributed by atoms with van der Waals surface area (Å²) in [6.45, 7) is 3.07. The number of likely N-dealkylation sites (tertiary alicyclic amines) is 1. The molecule has 2 rings (SSSR count). The highest BCUT2D eigenvalue weighted by Crippen LogP contribution is 2.15. The van der Waals surface area contributed by atoms with Crippen molar-refractivity contribution in [1.29, 1.82) is 0 Å². The first-order valence-corrected chi connectivity index (χ1v) is 6.87. The average Bonchev–Trinajstić information content (AvgIpc) is 2.87. The van der Waals surface area contributed by atoms with Crippen molar-refractivity contribution in [3.63, 3.8) is 0 Å². The van der Waals surface area contributed by atoms with E-state index in [4.69, 9.17) is 0 Å². The number of aromatic nitrogens is 1. The van der Waals surface area contributed by atoms with Crippen LogP contribution in [0.2, 0.25) is 0 Å². The quantitative estimate of drug-likeness (QED) is 0.868. The molecular formula is C12H17N3O2S. The summed E-state index contributed by atoms with van der Waals surface area (Å²) >= 11 is 1.61. The van der Waals surface area contributed by atoms with Crippen LogP contribution in [0.25, 0.3) is 0 Å². The van der Waals surface area contributed by atoms with Crippen molar-refractivity contribution in [2.24, 2.45) is 5.92 Å². The summed E-state index contributed by atoms with van der Waals surface area (Å²) in [6.07, 6.45) is 1.07. The lowest BCUT2D eigenvalue weighted by molar-refractivity contribution is -0.128. The predicted molar refractivity (Wildman–Crippen MR) is 69.3 cm³/mol. The van der Waals surface area contributed by atoms with Gasteiger partial charge in [-0.1, -0.05) is 0 Å². The lowest BCUT2D eigenvalue weighted by Gasteiger charge is -2.10. The van der Waals surface area contributed by atoms with Crippen LogP contribution in [0.4, 0.5) is 0 Å². The van der Waals surface area contributed by atoms with E-state index in [0.29, 0.717) is 19.5 Å². The highest BCUT2D eigenvalue weighted by atomic mass is 32.1. The molecule has 1 aliphatic heterocycles. The van der Waals surface area contributed by atoms with Crippen LogP contribution in [0.5, 0.6) is 0 Å². The SMILES string of the molecule is Cc1nc(CCNC(=O)[C@@H]2CC(=O)N(C)C2)cs1. The van der Waals surface area contributed by atoms with Gasteiger partial charge in [0, 0.05) is 38.4 Å². The fourth-order valence-electron chi connectivity index (χ4n) is 2.02. The predicted octanol–water partition coefficient (Wildman–Crippen LogP) is 0.589. The number of nitrogens with one attached hydrogen (secondary N) is 1. The molecule has 6 heteroatoms. The van der Waals surface area contributed by atoms with Crippen LogP contribution >= 0.6 is 11.3 Å². The second kappa shape index (κ2) is 5.48. The largest absolute Gasteiger partial charge is 0.355 e. The minimum Gasteiger partial charge on any atom is -0.355 e. The molecule has 1 fully saturated rings. The van der Waals surface area contributed by atoms with Crippen molar-refractivity contribution >= 4 is 23.2 Å². The highest BCUT2D eigenvalue weighted by molar-refractivity contribution is 7.09. The molecule has 0 saturated carbocycles. The summed E-state index contributed by atoms with van der Waals surface area (Å²) in [5, 5.41) is 5.92. The Bertz CT molecular complexity index is 458. The molecule has 0 radical (unpaired) electrons. The second-order valence-corrected chi connectivity index (χ2v) is 5.64. The maximum absolute atomic E-state index is 11.8. The Labute approximate surface area is 110 Å². The van der Waals surface area contributed by atoms with Gasteiger partial charge in [-0.15, -0.1) is 11.3 Å². The molecule has 98 valence electrons. The maximum Gasteiger partial charge on any atom is 0.225 e. The lowest BCUT2D eigenvalue weighted by Crippen LogP contribution is -2.33. The first-order valence-electron chi connectivity index (χ1n) is 5.99. The van der Waals surface area contributed by atoms with E-state index in [2.05, 4.69) is 10.3 Å². The van der Waals surface area contributed by atoms with Gasteiger partial charge in [-0.3, -0.25) is 9.59 Å². The Morgan fingerprint density at radius 1 is 1.67 bits per heavy atom. The Kier molecular flexibility index (Phi) is 3.96. The van der Waals surface area contributed by atoms with Gasteiger partial charge in [-0.05, 0) is 6.92 Å². The molecule has 1 aliphatic rings.